The number of para-hydroxylation sites is 2. The highest BCUT2D eigenvalue weighted by atomic mass is 16.5. The molecule has 2 aromatic carbocycles. The molecule has 8 heteroatoms. The minimum atomic E-state index is -0.919. The number of esters is 1. The molecule has 3 aromatic rings. The van der Waals surface area contributed by atoms with Crippen LogP contribution in [0.5, 0.6) is 0 Å². The van der Waals surface area contributed by atoms with Crippen molar-refractivity contribution in [1.29, 1.82) is 5.26 Å². The van der Waals surface area contributed by atoms with Gasteiger partial charge in [-0.15, -0.1) is 0 Å². The molecule has 31 heavy (non-hydrogen) atoms. The number of H-pyrrole nitrogens is 1. The first kappa shape index (κ1) is 21.6. The number of hydrogen-bond donors (Lipinski definition) is 3. The van der Waals surface area contributed by atoms with Crippen LogP contribution in [0.2, 0.25) is 0 Å². The van der Waals surface area contributed by atoms with Crippen molar-refractivity contribution in [3.8, 4) is 6.07 Å². The van der Waals surface area contributed by atoms with E-state index in [4.69, 9.17) is 4.74 Å². The van der Waals surface area contributed by atoms with Crippen LogP contribution in [0.25, 0.3) is 16.6 Å². The van der Waals surface area contributed by atoms with Crippen LogP contribution in [0.3, 0.4) is 0 Å². The minimum absolute atomic E-state index is 0.126. The number of carbonyl (C=O) groups excluding carboxylic acids is 2. The van der Waals surface area contributed by atoms with E-state index in [1.54, 1.807) is 62.4 Å². The summed E-state index contributed by atoms with van der Waals surface area (Å²) in [5.74, 6) is -1.64. The highest BCUT2D eigenvalue weighted by Gasteiger charge is 2.27. The predicted octanol–water partition coefficient (Wildman–Crippen LogP) is 3.35. The van der Waals surface area contributed by atoms with Crippen molar-refractivity contribution in [1.82, 2.24) is 15.3 Å². The van der Waals surface area contributed by atoms with Gasteiger partial charge in [0.05, 0.1) is 11.0 Å². The first-order valence-electron chi connectivity index (χ1n) is 9.70. The molecule has 0 unspecified atom stereocenters. The van der Waals surface area contributed by atoms with E-state index in [-0.39, 0.29) is 17.3 Å². The Balaban J connectivity index is 1.71. The number of aliphatic hydroxyl groups is 1. The Bertz CT molecular complexity index is 1130. The van der Waals surface area contributed by atoms with Gasteiger partial charge in [0.1, 0.15) is 24.3 Å². The zero-order valence-corrected chi connectivity index (χ0v) is 17.1. The summed E-state index contributed by atoms with van der Waals surface area (Å²) >= 11 is 0. The molecule has 3 N–H and O–H groups in total. The summed E-state index contributed by atoms with van der Waals surface area (Å²) in [6.07, 6.45) is 0. The number of fused-ring (bicyclic) bond motifs is 1. The Morgan fingerprint density at radius 3 is 2.48 bits per heavy atom. The number of rotatable bonds is 7. The number of aliphatic hydroxyl groups excluding tert-OH is 1. The van der Waals surface area contributed by atoms with Crippen molar-refractivity contribution in [2.45, 2.75) is 19.9 Å². The van der Waals surface area contributed by atoms with E-state index in [9.17, 15) is 20.0 Å². The summed E-state index contributed by atoms with van der Waals surface area (Å²) in [6.45, 7) is 3.01. The van der Waals surface area contributed by atoms with Crippen LogP contribution in [-0.4, -0.2) is 39.6 Å². The maximum Gasteiger partial charge on any atom is 0.329 e. The van der Waals surface area contributed by atoms with Crippen LogP contribution in [0.4, 0.5) is 0 Å². The molecular weight excluding hydrogens is 396 g/mol. The Morgan fingerprint density at radius 2 is 1.84 bits per heavy atom. The quantitative estimate of drug-likeness (QED) is 0.307. The average Bonchev–Trinajstić information content (AvgIpc) is 3.20. The van der Waals surface area contributed by atoms with Gasteiger partial charge in [-0.05, 0) is 30.2 Å². The smallest absolute Gasteiger partial charge is 0.329 e. The third-order valence-corrected chi connectivity index (χ3v) is 4.62. The van der Waals surface area contributed by atoms with E-state index in [0.29, 0.717) is 16.6 Å². The molecule has 0 aliphatic carbocycles. The minimum Gasteiger partial charge on any atom is -0.507 e. The number of ether oxygens (including phenoxy) is 1. The first-order chi connectivity index (χ1) is 14.9. The summed E-state index contributed by atoms with van der Waals surface area (Å²) in [5, 5.41) is 22.5. The van der Waals surface area contributed by atoms with Crippen molar-refractivity contribution < 1.29 is 19.4 Å². The van der Waals surface area contributed by atoms with E-state index in [2.05, 4.69) is 15.3 Å². The predicted molar refractivity (Wildman–Crippen MR) is 115 cm³/mol. The van der Waals surface area contributed by atoms with Gasteiger partial charge >= 0.3 is 5.97 Å². The molecule has 0 fully saturated rings. The Kier molecular flexibility index (Phi) is 6.67. The second kappa shape index (κ2) is 9.59. The van der Waals surface area contributed by atoms with Gasteiger partial charge < -0.3 is 20.1 Å². The number of hydrogen-bond acceptors (Lipinski definition) is 6. The molecule has 0 saturated carbocycles. The van der Waals surface area contributed by atoms with Gasteiger partial charge in [0.2, 0.25) is 0 Å². The lowest BCUT2D eigenvalue weighted by molar-refractivity contribution is -0.146. The monoisotopic (exact) mass is 418 g/mol. The van der Waals surface area contributed by atoms with Crippen LogP contribution >= 0.6 is 0 Å². The standard InChI is InChI=1S/C23H22N4O4/c1-14(2)20(27-22(29)15-8-4-3-5-9-15)23(30)31-13-19(28)16(12-24)21-25-17-10-6-7-11-18(17)26-21/h3-11,14,20,28H,13H2,1-2H3,(H,25,26)(H,27,29)/t20-/m0/s1. The third kappa shape index (κ3) is 5.08. The molecule has 1 amide bonds. The summed E-state index contributed by atoms with van der Waals surface area (Å²) in [6, 6.07) is 16.7. The summed E-state index contributed by atoms with van der Waals surface area (Å²) in [7, 11) is 0. The van der Waals surface area contributed by atoms with E-state index in [1.807, 2.05) is 12.1 Å². The third-order valence-electron chi connectivity index (χ3n) is 4.62. The number of carbonyl (C=O) groups is 2. The van der Waals surface area contributed by atoms with Crippen LogP contribution in [0.15, 0.2) is 60.4 Å². The fourth-order valence-electron chi connectivity index (χ4n) is 2.94. The van der Waals surface area contributed by atoms with E-state index < -0.39 is 30.3 Å². The molecule has 3 rings (SSSR count). The van der Waals surface area contributed by atoms with E-state index in [1.165, 1.54) is 0 Å². The lowest BCUT2D eigenvalue weighted by atomic mass is 10.0. The molecular formula is C23H22N4O4. The number of nitrogens with zero attached hydrogens (tertiary/aromatic N) is 2. The maximum absolute atomic E-state index is 12.6. The molecule has 0 aliphatic rings. The van der Waals surface area contributed by atoms with E-state index in [0.717, 1.165) is 0 Å². The molecule has 1 heterocycles. The number of amides is 1. The topological polar surface area (TPSA) is 128 Å². The van der Waals surface area contributed by atoms with Crippen LogP contribution in [0.1, 0.15) is 30.0 Å². The average molecular weight is 418 g/mol. The second-order valence-electron chi connectivity index (χ2n) is 7.20. The molecule has 8 nitrogen and oxygen atoms in total. The lowest BCUT2D eigenvalue weighted by Crippen LogP contribution is -2.45. The molecule has 0 spiro atoms. The Labute approximate surface area is 179 Å². The van der Waals surface area contributed by atoms with Gasteiger partial charge in [-0.25, -0.2) is 9.78 Å². The van der Waals surface area contributed by atoms with Crippen molar-refractivity contribution in [2.75, 3.05) is 6.61 Å². The van der Waals surface area contributed by atoms with Crippen molar-refractivity contribution in [3.63, 3.8) is 0 Å². The van der Waals surface area contributed by atoms with Gasteiger partial charge in [-0.3, -0.25) is 4.79 Å². The number of aromatic nitrogens is 2. The first-order valence-corrected chi connectivity index (χ1v) is 9.70. The molecule has 1 aromatic heterocycles. The number of nitrogens with one attached hydrogen (secondary N) is 2. The SMILES string of the molecule is CC(C)[C@H](NC(=O)c1ccccc1)C(=O)OCC(O)=C(C#N)c1nc2ccccc2[nH]1. The van der Waals surface area contributed by atoms with Gasteiger partial charge in [-0.1, -0.05) is 44.2 Å². The van der Waals surface area contributed by atoms with Crippen molar-refractivity contribution in [2.24, 2.45) is 5.92 Å². The summed E-state index contributed by atoms with van der Waals surface area (Å²) in [5.41, 5.74) is 1.64. The van der Waals surface area contributed by atoms with Gasteiger partial charge in [0.15, 0.2) is 11.6 Å². The van der Waals surface area contributed by atoms with Crippen molar-refractivity contribution >= 4 is 28.5 Å². The number of nitriles is 1. The van der Waals surface area contributed by atoms with Gasteiger partial charge in [-0.2, -0.15) is 5.26 Å². The summed E-state index contributed by atoms with van der Waals surface area (Å²) < 4.78 is 5.19. The highest BCUT2D eigenvalue weighted by molar-refractivity contribution is 5.96. The number of aromatic amines is 1. The molecule has 0 radical (unpaired) electrons. The van der Waals surface area contributed by atoms with Crippen LogP contribution < -0.4 is 5.32 Å². The Morgan fingerprint density at radius 1 is 1.16 bits per heavy atom. The fourth-order valence-corrected chi connectivity index (χ4v) is 2.94. The van der Waals surface area contributed by atoms with E-state index >= 15 is 0 Å². The molecule has 158 valence electrons. The second-order valence-corrected chi connectivity index (χ2v) is 7.20. The zero-order valence-electron chi connectivity index (χ0n) is 17.1. The lowest BCUT2D eigenvalue weighted by Gasteiger charge is -2.21. The van der Waals surface area contributed by atoms with Gasteiger partial charge in [0.25, 0.3) is 5.91 Å². The molecule has 0 saturated heterocycles. The van der Waals surface area contributed by atoms with Gasteiger partial charge in [0, 0.05) is 5.56 Å². The van der Waals surface area contributed by atoms with Crippen LogP contribution in [0, 0.1) is 17.2 Å². The fraction of sp³-hybridized carbons (Fsp3) is 0.217. The zero-order chi connectivity index (χ0) is 22.4. The normalized spacial score (nSPS) is 12.7. The molecule has 0 bridgehead atoms. The highest BCUT2D eigenvalue weighted by Crippen LogP contribution is 2.19. The summed E-state index contributed by atoms with van der Waals surface area (Å²) in [4.78, 5) is 32.2. The molecule has 1 atom stereocenters. The number of allylic oxidation sites excluding steroid dienone is 1. The maximum atomic E-state index is 12.6. The van der Waals surface area contributed by atoms with Crippen LogP contribution in [-0.2, 0) is 9.53 Å². The largest absolute Gasteiger partial charge is 0.507 e. The number of benzene rings is 2. The Hall–Kier alpha value is -4.12. The van der Waals surface area contributed by atoms with Crippen molar-refractivity contribution in [3.05, 3.63) is 71.7 Å². The molecule has 0 aliphatic heterocycles. The number of imidazole rings is 1.